The van der Waals surface area contributed by atoms with Crippen molar-refractivity contribution in [1.29, 1.82) is 0 Å². The molecule has 2 atom stereocenters. The maximum atomic E-state index is 5.36. The number of hydrogen-bond acceptors (Lipinski definition) is 5. The van der Waals surface area contributed by atoms with Crippen molar-refractivity contribution in [2.24, 2.45) is 0 Å². The molecular weight excluding hydrogens is 302 g/mol. The van der Waals surface area contributed by atoms with Crippen molar-refractivity contribution in [3.05, 3.63) is 65.2 Å². The van der Waals surface area contributed by atoms with Gasteiger partial charge in [0.25, 0.3) is 0 Å². The molecule has 2 heterocycles. The van der Waals surface area contributed by atoms with Crippen molar-refractivity contribution < 1.29 is 4.74 Å². The third kappa shape index (κ3) is 2.50. The van der Waals surface area contributed by atoms with Crippen LogP contribution in [0.5, 0.6) is 5.75 Å². The van der Waals surface area contributed by atoms with Gasteiger partial charge in [0.2, 0.25) is 5.95 Å². The number of tetrazole rings is 1. The number of fused-ring (bicyclic) bond motifs is 1. The van der Waals surface area contributed by atoms with Crippen molar-refractivity contribution in [3.63, 3.8) is 0 Å². The van der Waals surface area contributed by atoms with Crippen molar-refractivity contribution in [2.75, 3.05) is 12.4 Å². The zero-order valence-corrected chi connectivity index (χ0v) is 13.7. The number of aromatic nitrogens is 4. The molecule has 0 amide bonds. The molecule has 0 aliphatic carbocycles. The van der Waals surface area contributed by atoms with E-state index in [1.54, 1.807) is 7.11 Å². The molecule has 3 aromatic rings. The summed E-state index contributed by atoms with van der Waals surface area (Å²) >= 11 is 0. The summed E-state index contributed by atoms with van der Waals surface area (Å²) in [4.78, 5) is 0. The molecule has 4 rings (SSSR count). The van der Waals surface area contributed by atoms with Crippen molar-refractivity contribution in [2.45, 2.75) is 25.4 Å². The van der Waals surface area contributed by atoms with Crippen LogP contribution in [0.4, 0.5) is 5.95 Å². The third-order valence-corrected chi connectivity index (χ3v) is 4.59. The highest BCUT2D eigenvalue weighted by Gasteiger charge is 2.31. The van der Waals surface area contributed by atoms with Crippen LogP contribution in [0.1, 0.15) is 35.2 Å². The molecular formula is C18H19N5O. The number of anilines is 1. The number of hydrogen-bond donors (Lipinski definition) is 1. The minimum atomic E-state index is 0.105. The predicted octanol–water partition coefficient (Wildman–Crippen LogP) is 3.14. The van der Waals surface area contributed by atoms with Gasteiger partial charge in [-0.25, -0.2) is 4.68 Å². The third-order valence-electron chi connectivity index (χ3n) is 4.59. The Morgan fingerprint density at radius 3 is 2.88 bits per heavy atom. The lowest BCUT2D eigenvalue weighted by molar-refractivity contribution is 0.408. The van der Waals surface area contributed by atoms with Gasteiger partial charge in [0, 0.05) is 0 Å². The van der Waals surface area contributed by atoms with E-state index in [0.717, 1.165) is 12.2 Å². The molecule has 0 unspecified atom stereocenters. The van der Waals surface area contributed by atoms with Crippen LogP contribution in [-0.4, -0.2) is 27.3 Å². The van der Waals surface area contributed by atoms with E-state index in [9.17, 15) is 0 Å². The SMILES string of the molecule is COc1cccc([C@@H]2C[C@H](c3ccccc3C)n3nnnc3N2)c1. The van der Waals surface area contributed by atoms with Gasteiger partial charge in [-0.2, -0.15) is 0 Å². The van der Waals surface area contributed by atoms with Gasteiger partial charge in [0.1, 0.15) is 5.75 Å². The average Bonchev–Trinajstić information content (AvgIpc) is 3.10. The molecule has 1 aliphatic rings. The fourth-order valence-electron chi connectivity index (χ4n) is 3.33. The highest BCUT2D eigenvalue weighted by Crippen LogP contribution is 2.38. The number of ether oxygens (including phenoxy) is 1. The van der Waals surface area contributed by atoms with Gasteiger partial charge in [-0.3, -0.25) is 0 Å². The van der Waals surface area contributed by atoms with Gasteiger partial charge in [-0.15, -0.1) is 0 Å². The quantitative estimate of drug-likeness (QED) is 0.803. The van der Waals surface area contributed by atoms with Crippen LogP contribution in [0.2, 0.25) is 0 Å². The molecule has 0 fully saturated rings. The van der Waals surface area contributed by atoms with E-state index in [1.807, 2.05) is 16.8 Å². The van der Waals surface area contributed by atoms with Crippen molar-refractivity contribution >= 4 is 5.95 Å². The van der Waals surface area contributed by atoms with Crippen molar-refractivity contribution in [3.8, 4) is 5.75 Å². The van der Waals surface area contributed by atoms with Crippen LogP contribution in [0.15, 0.2) is 48.5 Å². The molecule has 1 N–H and O–H groups in total. The normalized spacial score (nSPS) is 19.4. The Hall–Kier alpha value is -2.89. The van der Waals surface area contributed by atoms with Gasteiger partial charge in [0.05, 0.1) is 19.2 Å². The Bertz CT molecular complexity index is 860. The van der Waals surface area contributed by atoms with Crippen LogP contribution in [0.25, 0.3) is 0 Å². The number of nitrogens with zero attached hydrogens (tertiary/aromatic N) is 4. The van der Waals surface area contributed by atoms with Crippen molar-refractivity contribution in [1.82, 2.24) is 20.2 Å². The summed E-state index contributed by atoms with van der Waals surface area (Å²) in [7, 11) is 1.68. The summed E-state index contributed by atoms with van der Waals surface area (Å²) in [5.74, 6) is 1.55. The lowest BCUT2D eigenvalue weighted by atomic mass is 9.91. The molecule has 6 heteroatoms. The topological polar surface area (TPSA) is 64.9 Å². The van der Waals surface area contributed by atoms with E-state index < -0.39 is 0 Å². The van der Waals surface area contributed by atoms with Crippen LogP contribution in [-0.2, 0) is 0 Å². The molecule has 122 valence electrons. The molecule has 0 saturated heterocycles. The smallest absolute Gasteiger partial charge is 0.243 e. The standard InChI is InChI=1S/C18H19N5O/c1-12-6-3-4-9-15(12)17-11-16(19-18-20-21-22-23(17)18)13-7-5-8-14(10-13)24-2/h3-10,16-17H,11H2,1-2H3,(H,19,20,22)/t16-,17+/m0/s1. The maximum absolute atomic E-state index is 5.36. The van der Waals surface area contributed by atoms with Gasteiger partial charge in [0.15, 0.2) is 0 Å². The summed E-state index contributed by atoms with van der Waals surface area (Å²) < 4.78 is 7.23. The Morgan fingerprint density at radius 2 is 2.04 bits per heavy atom. The summed E-state index contributed by atoms with van der Waals surface area (Å²) in [6, 6.07) is 16.8. The average molecular weight is 321 g/mol. The molecule has 0 spiro atoms. The first-order valence-corrected chi connectivity index (χ1v) is 8.00. The molecule has 6 nitrogen and oxygen atoms in total. The van der Waals surface area contributed by atoms with Crippen LogP contribution in [0, 0.1) is 6.92 Å². The van der Waals surface area contributed by atoms with Gasteiger partial charge in [-0.05, 0) is 52.6 Å². The Labute approximate surface area is 140 Å². The first-order chi connectivity index (χ1) is 11.8. The van der Waals surface area contributed by atoms with Crippen LogP contribution < -0.4 is 10.1 Å². The number of rotatable bonds is 3. The monoisotopic (exact) mass is 321 g/mol. The Kier molecular flexibility index (Phi) is 3.65. The summed E-state index contributed by atoms with van der Waals surface area (Å²) in [6.07, 6.45) is 0.871. The molecule has 0 bridgehead atoms. The number of benzene rings is 2. The second-order valence-electron chi connectivity index (χ2n) is 6.03. The molecule has 1 aromatic heterocycles. The van der Waals surface area contributed by atoms with E-state index in [1.165, 1.54) is 16.7 Å². The molecule has 0 saturated carbocycles. The highest BCUT2D eigenvalue weighted by molar-refractivity contribution is 5.41. The fraction of sp³-hybridized carbons (Fsp3) is 0.278. The first kappa shape index (κ1) is 14.7. The second kappa shape index (κ2) is 5.96. The van der Waals surface area contributed by atoms with E-state index in [4.69, 9.17) is 4.74 Å². The lowest BCUT2D eigenvalue weighted by Crippen LogP contribution is -2.28. The first-order valence-electron chi connectivity index (χ1n) is 8.00. The van der Waals surface area contributed by atoms with Crippen LogP contribution in [0.3, 0.4) is 0 Å². The summed E-state index contributed by atoms with van der Waals surface area (Å²) in [5, 5.41) is 15.6. The van der Waals surface area contributed by atoms with Gasteiger partial charge >= 0.3 is 0 Å². The molecule has 2 aromatic carbocycles. The second-order valence-corrected chi connectivity index (χ2v) is 6.03. The molecule has 24 heavy (non-hydrogen) atoms. The van der Waals surface area contributed by atoms with E-state index in [2.05, 4.69) is 64.2 Å². The minimum Gasteiger partial charge on any atom is -0.497 e. The highest BCUT2D eigenvalue weighted by atomic mass is 16.5. The van der Waals surface area contributed by atoms with E-state index >= 15 is 0 Å². The summed E-state index contributed by atoms with van der Waals surface area (Å²) in [6.45, 7) is 2.13. The summed E-state index contributed by atoms with van der Waals surface area (Å²) in [5.41, 5.74) is 3.66. The largest absolute Gasteiger partial charge is 0.497 e. The molecule has 0 radical (unpaired) electrons. The van der Waals surface area contributed by atoms with E-state index in [0.29, 0.717) is 5.95 Å². The number of methoxy groups -OCH3 is 1. The minimum absolute atomic E-state index is 0.105. The lowest BCUT2D eigenvalue weighted by Gasteiger charge is -2.31. The molecule has 1 aliphatic heterocycles. The number of aryl methyl sites for hydroxylation is 1. The maximum Gasteiger partial charge on any atom is 0.243 e. The number of nitrogens with one attached hydrogen (secondary N) is 1. The zero-order chi connectivity index (χ0) is 16.5. The van der Waals surface area contributed by atoms with Gasteiger partial charge < -0.3 is 10.1 Å². The van der Waals surface area contributed by atoms with E-state index in [-0.39, 0.29) is 12.1 Å². The zero-order valence-electron chi connectivity index (χ0n) is 13.7. The Morgan fingerprint density at radius 1 is 1.17 bits per heavy atom. The Balaban J connectivity index is 1.75. The van der Waals surface area contributed by atoms with Gasteiger partial charge in [-0.1, -0.05) is 41.5 Å². The van der Waals surface area contributed by atoms with Crippen LogP contribution >= 0.6 is 0 Å². The predicted molar refractivity (Wildman–Crippen MR) is 91.1 cm³/mol. The fourth-order valence-corrected chi connectivity index (χ4v) is 3.33.